The number of morpholine rings is 1. The number of likely N-dealkylation sites (N-methyl/N-ethyl adjacent to an activating group) is 1. The maximum atomic E-state index is 13.7. The Kier molecular flexibility index (Phi) is 6.34. The standard InChI is InChI=1S/C19H29FN8O3/c1-26(2)19(30)14-10-27(5-6-31-14)13-3-4-22-8-12(13)24-18(29)15-16(21)25-28-9-11(20)7-23-17(15)28/h3-4,8,11,14-17,23,25H,5-7,9-10,21H2,1-2H3,(H,24,29). The molecule has 1 aromatic rings. The average Bonchev–Trinajstić information content (AvgIpc) is 3.08. The Morgan fingerprint density at radius 1 is 1.39 bits per heavy atom. The second-order valence-corrected chi connectivity index (χ2v) is 8.20. The third-order valence-electron chi connectivity index (χ3n) is 5.80. The summed E-state index contributed by atoms with van der Waals surface area (Å²) in [6, 6.07) is 1.80. The van der Waals surface area contributed by atoms with E-state index in [4.69, 9.17) is 10.5 Å². The van der Waals surface area contributed by atoms with Gasteiger partial charge in [0.2, 0.25) is 5.91 Å². The Morgan fingerprint density at radius 3 is 2.97 bits per heavy atom. The fourth-order valence-electron chi connectivity index (χ4n) is 4.26. The predicted molar refractivity (Wildman–Crippen MR) is 112 cm³/mol. The minimum Gasteiger partial charge on any atom is -0.365 e. The molecule has 5 N–H and O–H groups in total. The minimum atomic E-state index is -1.03. The molecule has 4 rings (SSSR count). The van der Waals surface area contributed by atoms with E-state index in [1.54, 1.807) is 37.6 Å². The lowest BCUT2D eigenvalue weighted by molar-refractivity contribution is -0.141. The number of hydrogen-bond acceptors (Lipinski definition) is 9. The number of fused-ring (bicyclic) bond motifs is 1. The van der Waals surface area contributed by atoms with E-state index >= 15 is 0 Å². The number of hydrazine groups is 1. The highest BCUT2D eigenvalue weighted by Crippen LogP contribution is 2.29. The maximum Gasteiger partial charge on any atom is 0.253 e. The van der Waals surface area contributed by atoms with Crippen molar-refractivity contribution in [1.29, 1.82) is 0 Å². The number of ether oxygens (including phenoxy) is 1. The van der Waals surface area contributed by atoms with Gasteiger partial charge in [0.15, 0.2) is 6.10 Å². The van der Waals surface area contributed by atoms with Crippen molar-refractivity contribution in [2.75, 3.05) is 57.1 Å². The number of aromatic nitrogens is 1. The monoisotopic (exact) mass is 436 g/mol. The lowest BCUT2D eigenvalue weighted by Crippen LogP contribution is -2.58. The Hall–Kier alpha value is -2.38. The van der Waals surface area contributed by atoms with Crippen molar-refractivity contribution < 1.29 is 18.7 Å². The number of nitrogens with two attached hydrogens (primary N) is 1. The number of pyridine rings is 1. The van der Waals surface area contributed by atoms with Crippen LogP contribution in [0.15, 0.2) is 18.5 Å². The molecule has 3 fully saturated rings. The fourth-order valence-corrected chi connectivity index (χ4v) is 4.26. The number of hydrogen-bond donors (Lipinski definition) is 4. The fraction of sp³-hybridized carbons (Fsp3) is 0.632. The van der Waals surface area contributed by atoms with Gasteiger partial charge in [0.05, 0.1) is 49.0 Å². The van der Waals surface area contributed by atoms with Gasteiger partial charge in [-0.05, 0) is 6.07 Å². The summed E-state index contributed by atoms with van der Waals surface area (Å²) in [6.07, 6.45) is 0.561. The van der Waals surface area contributed by atoms with E-state index in [9.17, 15) is 14.0 Å². The summed E-state index contributed by atoms with van der Waals surface area (Å²) in [5.74, 6) is -1.02. The number of carbonyl (C=O) groups is 2. The van der Waals surface area contributed by atoms with Gasteiger partial charge >= 0.3 is 0 Å². The molecule has 0 bridgehead atoms. The molecule has 11 nitrogen and oxygen atoms in total. The van der Waals surface area contributed by atoms with Crippen LogP contribution in [0.3, 0.4) is 0 Å². The zero-order chi connectivity index (χ0) is 22.1. The number of alkyl halides is 1. The van der Waals surface area contributed by atoms with E-state index in [1.807, 2.05) is 4.90 Å². The summed E-state index contributed by atoms with van der Waals surface area (Å²) in [6.45, 7) is 1.67. The first-order chi connectivity index (χ1) is 14.8. The number of nitrogens with zero attached hydrogens (tertiary/aromatic N) is 4. The van der Waals surface area contributed by atoms with Crippen molar-refractivity contribution in [2.45, 2.75) is 24.6 Å². The molecule has 5 atom stereocenters. The summed E-state index contributed by atoms with van der Waals surface area (Å²) in [5, 5.41) is 7.62. The zero-order valence-electron chi connectivity index (χ0n) is 17.6. The van der Waals surface area contributed by atoms with Crippen molar-refractivity contribution in [3.8, 4) is 0 Å². The number of carbonyl (C=O) groups excluding carboxylic acids is 2. The lowest BCUT2D eigenvalue weighted by atomic mass is 10.0. The van der Waals surface area contributed by atoms with E-state index in [2.05, 4.69) is 21.0 Å². The van der Waals surface area contributed by atoms with Gasteiger partial charge in [-0.15, -0.1) is 0 Å². The molecule has 0 aliphatic carbocycles. The summed E-state index contributed by atoms with van der Waals surface area (Å²) in [5.41, 5.74) is 10.4. The molecule has 0 saturated carbocycles. The normalized spacial score (nSPS) is 31.2. The molecule has 0 spiro atoms. The molecule has 0 aromatic carbocycles. The lowest BCUT2D eigenvalue weighted by Gasteiger charge is -2.36. The number of halogens is 1. The summed E-state index contributed by atoms with van der Waals surface area (Å²) in [7, 11) is 3.38. The Bertz CT molecular complexity index is 827. The summed E-state index contributed by atoms with van der Waals surface area (Å²) >= 11 is 0. The van der Waals surface area contributed by atoms with Crippen molar-refractivity contribution in [1.82, 2.24) is 25.6 Å². The Morgan fingerprint density at radius 2 is 2.19 bits per heavy atom. The quantitative estimate of drug-likeness (QED) is 0.437. The van der Waals surface area contributed by atoms with Crippen LogP contribution in [0, 0.1) is 5.92 Å². The van der Waals surface area contributed by atoms with Gasteiger partial charge in [-0.3, -0.25) is 19.9 Å². The minimum absolute atomic E-state index is 0.109. The molecular weight excluding hydrogens is 407 g/mol. The number of anilines is 2. The average molecular weight is 436 g/mol. The predicted octanol–water partition coefficient (Wildman–Crippen LogP) is -1.70. The molecule has 2 amide bonds. The highest BCUT2D eigenvalue weighted by Gasteiger charge is 2.47. The Balaban J connectivity index is 1.49. The second kappa shape index (κ2) is 9.01. The first-order valence-corrected chi connectivity index (χ1v) is 10.3. The van der Waals surface area contributed by atoms with Gasteiger partial charge < -0.3 is 25.6 Å². The second-order valence-electron chi connectivity index (χ2n) is 8.20. The van der Waals surface area contributed by atoms with Gasteiger partial charge in [0, 0.05) is 39.9 Å². The van der Waals surface area contributed by atoms with Crippen LogP contribution in [0.4, 0.5) is 15.8 Å². The third-order valence-corrected chi connectivity index (χ3v) is 5.80. The van der Waals surface area contributed by atoms with Crippen LogP contribution in [0.1, 0.15) is 0 Å². The molecular formula is C19H29FN8O3. The molecule has 5 unspecified atom stereocenters. The molecule has 170 valence electrons. The van der Waals surface area contributed by atoms with Gasteiger partial charge in [-0.2, -0.15) is 0 Å². The van der Waals surface area contributed by atoms with E-state index < -0.39 is 30.5 Å². The third kappa shape index (κ3) is 4.48. The molecule has 3 aliphatic heterocycles. The SMILES string of the molecule is CN(C)C(=O)C1CN(c2ccncc2NC(=O)C2C(N)NN3CC(F)CNC23)CCO1. The van der Waals surface area contributed by atoms with Crippen molar-refractivity contribution in [2.24, 2.45) is 11.7 Å². The van der Waals surface area contributed by atoms with Crippen molar-refractivity contribution >= 4 is 23.2 Å². The van der Waals surface area contributed by atoms with E-state index in [0.29, 0.717) is 25.4 Å². The van der Waals surface area contributed by atoms with Crippen LogP contribution in [-0.4, -0.2) is 98.2 Å². The highest BCUT2D eigenvalue weighted by molar-refractivity contribution is 5.96. The van der Waals surface area contributed by atoms with Crippen LogP contribution in [0.25, 0.3) is 0 Å². The Labute approximate surface area is 180 Å². The molecule has 3 aliphatic rings. The number of nitrogens with one attached hydrogen (secondary N) is 3. The molecule has 12 heteroatoms. The molecule has 0 radical (unpaired) electrons. The van der Waals surface area contributed by atoms with Crippen LogP contribution in [0.5, 0.6) is 0 Å². The first kappa shape index (κ1) is 21.8. The molecule has 31 heavy (non-hydrogen) atoms. The van der Waals surface area contributed by atoms with Crippen LogP contribution >= 0.6 is 0 Å². The van der Waals surface area contributed by atoms with Gasteiger partial charge in [-0.25, -0.2) is 14.8 Å². The smallest absolute Gasteiger partial charge is 0.253 e. The molecule has 3 saturated heterocycles. The number of amides is 2. The molecule has 1 aromatic heterocycles. The topological polar surface area (TPSA) is 128 Å². The first-order valence-electron chi connectivity index (χ1n) is 10.3. The van der Waals surface area contributed by atoms with Gasteiger partial charge in [0.25, 0.3) is 5.91 Å². The number of rotatable bonds is 4. The van der Waals surface area contributed by atoms with Crippen LogP contribution < -0.4 is 26.7 Å². The van der Waals surface area contributed by atoms with Crippen LogP contribution in [-0.2, 0) is 14.3 Å². The van der Waals surface area contributed by atoms with Crippen molar-refractivity contribution in [3.63, 3.8) is 0 Å². The summed E-state index contributed by atoms with van der Waals surface area (Å²) in [4.78, 5) is 33.1. The van der Waals surface area contributed by atoms with Crippen molar-refractivity contribution in [3.05, 3.63) is 18.5 Å². The summed E-state index contributed by atoms with van der Waals surface area (Å²) < 4.78 is 19.3. The van der Waals surface area contributed by atoms with Gasteiger partial charge in [-0.1, -0.05) is 0 Å². The van der Waals surface area contributed by atoms with E-state index in [0.717, 1.165) is 5.69 Å². The molecule has 4 heterocycles. The van der Waals surface area contributed by atoms with E-state index in [1.165, 1.54) is 4.90 Å². The van der Waals surface area contributed by atoms with E-state index in [-0.39, 0.29) is 24.9 Å². The zero-order valence-corrected chi connectivity index (χ0v) is 17.6. The maximum absolute atomic E-state index is 13.7. The largest absolute Gasteiger partial charge is 0.365 e. The van der Waals surface area contributed by atoms with Gasteiger partial charge in [0.1, 0.15) is 6.17 Å². The van der Waals surface area contributed by atoms with Crippen LogP contribution in [0.2, 0.25) is 0 Å². The highest BCUT2D eigenvalue weighted by atomic mass is 19.1.